The van der Waals surface area contributed by atoms with E-state index in [9.17, 15) is 8.42 Å². The van der Waals surface area contributed by atoms with Crippen LogP contribution in [0, 0.1) is 0 Å². The Morgan fingerprint density at radius 3 is 2.42 bits per heavy atom. The average molecular weight is 191 g/mol. The van der Waals surface area contributed by atoms with Gasteiger partial charge in [-0.25, -0.2) is 13.7 Å². The van der Waals surface area contributed by atoms with Gasteiger partial charge >= 0.3 is 0 Å². The molecular weight excluding hydrogens is 176 g/mol. The van der Waals surface area contributed by atoms with E-state index in [1.54, 1.807) is 0 Å². The van der Waals surface area contributed by atoms with E-state index in [4.69, 9.17) is 0 Å². The van der Waals surface area contributed by atoms with Crippen LogP contribution in [0.15, 0.2) is 0 Å². The quantitative estimate of drug-likeness (QED) is 0.572. The lowest BCUT2D eigenvalue weighted by Gasteiger charge is -2.25. The van der Waals surface area contributed by atoms with Crippen molar-refractivity contribution in [1.29, 1.82) is 0 Å². The Morgan fingerprint density at radius 1 is 1.33 bits per heavy atom. The zero-order valence-corrected chi connectivity index (χ0v) is 8.18. The van der Waals surface area contributed by atoms with Crippen molar-refractivity contribution in [2.24, 2.45) is 0 Å². The van der Waals surface area contributed by atoms with Gasteiger partial charge in [-0.2, -0.15) is 0 Å². The normalized spacial score (nSPS) is 21.1. The molecule has 0 spiro atoms. The van der Waals surface area contributed by atoms with Crippen LogP contribution in [0.2, 0.25) is 0 Å². The van der Waals surface area contributed by atoms with Crippen molar-refractivity contribution in [2.75, 3.05) is 44.7 Å². The molecule has 1 radical (unpaired) electrons. The summed E-state index contributed by atoms with van der Waals surface area (Å²) in [6.07, 6.45) is 1.28. The zero-order chi connectivity index (χ0) is 9.03. The Bertz CT molecular complexity index is 220. The van der Waals surface area contributed by atoms with Crippen molar-refractivity contribution in [2.45, 2.75) is 0 Å². The Morgan fingerprint density at radius 2 is 1.92 bits per heavy atom. The molecule has 1 fully saturated rings. The molecular formula is C7H15N2O2S. The topological polar surface area (TPSA) is 51.5 Å². The second-order valence-electron chi connectivity index (χ2n) is 3.14. The van der Waals surface area contributed by atoms with Gasteiger partial charge in [0.25, 0.3) is 0 Å². The van der Waals surface area contributed by atoms with Gasteiger partial charge < -0.3 is 0 Å². The van der Waals surface area contributed by atoms with Crippen LogP contribution in [0.1, 0.15) is 0 Å². The third kappa shape index (κ3) is 4.04. The van der Waals surface area contributed by atoms with E-state index in [2.05, 4.69) is 10.2 Å². The summed E-state index contributed by atoms with van der Waals surface area (Å²) in [5, 5.41) is 4.18. The van der Waals surface area contributed by atoms with Gasteiger partial charge in [0.2, 0.25) is 0 Å². The van der Waals surface area contributed by atoms with Crippen molar-refractivity contribution in [3.05, 3.63) is 0 Å². The summed E-state index contributed by atoms with van der Waals surface area (Å²) in [6.45, 7) is 4.19. The SMILES string of the molecule is CS(=O)(=O)CCN1CC[N]CC1. The molecule has 4 nitrogen and oxygen atoms in total. The summed E-state index contributed by atoms with van der Waals surface area (Å²) < 4.78 is 21.6. The van der Waals surface area contributed by atoms with Gasteiger partial charge in [-0.3, -0.25) is 4.90 Å². The first kappa shape index (κ1) is 9.95. The minimum absolute atomic E-state index is 0.271. The molecule has 1 rings (SSSR count). The van der Waals surface area contributed by atoms with Crippen LogP contribution in [0.5, 0.6) is 0 Å². The summed E-state index contributed by atoms with van der Waals surface area (Å²) in [5.74, 6) is 0.271. The molecule has 71 valence electrons. The van der Waals surface area contributed by atoms with E-state index >= 15 is 0 Å². The predicted octanol–water partition coefficient (Wildman–Crippen LogP) is -1.05. The lowest BCUT2D eigenvalue weighted by Crippen LogP contribution is -2.42. The van der Waals surface area contributed by atoms with Gasteiger partial charge in [0.15, 0.2) is 0 Å². The largest absolute Gasteiger partial charge is 0.300 e. The highest BCUT2D eigenvalue weighted by atomic mass is 32.2. The summed E-state index contributed by atoms with van der Waals surface area (Å²) in [4.78, 5) is 2.15. The fourth-order valence-corrected chi connectivity index (χ4v) is 1.76. The Labute approximate surface area is 73.9 Å². The number of piperazine rings is 1. The van der Waals surface area contributed by atoms with Crippen molar-refractivity contribution in [3.8, 4) is 0 Å². The highest BCUT2D eigenvalue weighted by molar-refractivity contribution is 7.90. The zero-order valence-electron chi connectivity index (χ0n) is 7.36. The fraction of sp³-hybridized carbons (Fsp3) is 1.00. The molecule has 0 atom stereocenters. The molecule has 5 heteroatoms. The second kappa shape index (κ2) is 4.20. The van der Waals surface area contributed by atoms with Crippen molar-refractivity contribution in [1.82, 2.24) is 10.2 Å². The van der Waals surface area contributed by atoms with Crippen LogP contribution in [0.3, 0.4) is 0 Å². The molecule has 0 saturated carbocycles. The molecule has 0 aromatic carbocycles. The molecule has 0 aliphatic carbocycles. The highest BCUT2D eigenvalue weighted by Crippen LogP contribution is 1.94. The van der Waals surface area contributed by atoms with Gasteiger partial charge in [0, 0.05) is 39.0 Å². The summed E-state index contributed by atoms with van der Waals surface area (Å²) in [6, 6.07) is 0. The van der Waals surface area contributed by atoms with Crippen LogP contribution in [-0.4, -0.2) is 58.1 Å². The van der Waals surface area contributed by atoms with Crippen LogP contribution >= 0.6 is 0 Å². The first-order chi connectivity index (χ1) is 5.58. The maximum atomic E-state index is 10.8. The van der Waals surface area contributed by atoms with E-state index in [-0.39, 0.29) is 5.75 Å². The monoisotopic (exact) mass is 191 g/mol. The molecule has 0 bridgehead atoms. The van der Waals surface area contributed by atoms with E-state index in [1.165, 1.54) is 6.26 Å². The van der Waals surface area contributed by atoms with Gasteiger partial charge in [-0.15, -0.1) is 0 Å². The molecule has 1 aliphatic heterocycles. The fourth-order valence-electron chi connectivity index (χ4n) is 1.17. The molecule has 0 aromatic heterocycles. The Hall–Kier alpha value is -0.130. The molecule has 0 N–H and O–H groups in total. The predicted molar refractivity (Wildman–Crippen MR) is 48.0 cm³/mol. The van der Waals surface area contributed by atoms with Gasteiger partial charge in [0.1, 0.15) is 9.84 Å². The van der Waals surface area contributed by atoms with Gasteiger partial charge in [0.05, 0.1) is 5.75 Å². The van der Waals surface area contributed by atoms with E-state index in [0.717, 1.165) is 26.2 Å². The Balaban J connectivity index is 2.22. The maximum absolute atomic E-state index is 10.8. The molecule has 1 heterocycles. The Kier molecular flexibility index (Phi) is 3.49. The number of hydrogen-bond donors (Lipinski definition) is 0. The van der Waals surface area contributed by atoms with Crippen LogP contribution in [-0.2, 0) is 9.84 Å². The second-order valence-corrected chi connectivity index (χ2v) is 5.40. The van der Waals surface area contributed by atoms with Crippen LogP contribution in [0.4, 0.5) is 0 Å². The van der Waals surface area contributed by atoms with Gasteiger partial charge in [-0.05, 0) is 0 Å². The van der Waals surface area contributed by atoms with E-state index in [0.29, 0.717) is 6.54 Å². The molecule has 0 unspecified atom stereocenters. The molecule has 1 saturated heterocycles. The third-order valence-electron chi connectivity index (χ3n) is 1.93. The number of nitrogens with zero attached hydrogens (tertiary/aromatic N) is 2. The third-order valence-corrected chi connectivity index (χ3v) is 2.85. The summed E-state index contributed by atoms with van der Waals surface area (Å²) in [5.41, 5.74) is 0. The van der Waals surface area contributed by atoms with E-state index in [1.807, 2.05) is 0 Å². The first-order valence-electron chi connectivity index (χ1n) is 4.11. The average Bonchev–Trinajstić information content (AvgIpc) is 2.02. The lowest BCUT2D eigenvalue weighted by atomic mass is 10.4. The van der Waals surface area contributed by atoms with Crippen molar-refractivity contribution < 1.29 is 8.42 Å². The number of rotatable bonds is 3. The summed E-state index contributed by atoms with van der Waals surface area (Å²) >= 11 is 0. The molecule has 0 aromatic rings. The maximum Gasteiger partial charge on any atom is 0.148 e. The first-order valence-corrected chi connectivity index (χ1v) is 6.17. The smallest absolute Gasteiger partial charge is 0.148 e. The molecule has 0 amide bonds. The van der Waals surface area contributed by atoms with E-state index < -0.39 is 9.84 Å². The van der Waals surface area contributed by atoms with Crippen LogP contribution < -0.4 is 5.32 Å². The minimum Gasteiger partial charge on any atom is -0.300 e. The molecule has 12 heavy (non-hydrogen) atoms. The van der Waals surface area contributed by atoms with Crippen molar-refractivity contribution >= 4 is 9.84 Å². The summed E-state index contributed by atoms with van der Waals surface area (Å²) in [7, 11) is -2.80. The number of hydrogen-bond acceptors (Lipinski definition) is 3. The molecule has 1 aliphatic rings. The van der Waals surface area contributed by atoms with Crippen LogP contribution in [0.25, 0.3) is 0 Å². The van der Waals surface area contributed by atoms with Gasteiger partial charge in [-0.1, -0.05) is 0 Å². The van der Waals surface area contributed by atoms with Crippen molar-refractivity contribution in [3.63, 3.8) is 0 Å². The number of sulfone groups is 1. The minimum atomic E-state index is -2.80. The standard InChI is InChI=1S/C7H15N2O2S/c1-12(10,11)7-6-9-4-2-8-3-5-9/h2-7H2,1H3. The highest BCUT2D eigenvalue weighted by Gasteiger charge is 2.12. The lowest BCUT2D eigenvalue weighted by molar-refractivity contribution is 0.251.